The fourth-order valence-corrected chi connectivity index (χ4v) is 9.52. The number of imide groups is 4. The topological polar surface area (TPSA) is 282 Å². The summed E-state index contributed by atoms with van der Waals surface area (Å²) >= 11 is 14.1. The van der Waals surface area contributed by atoms with E-state index >= 15 is 0 Å². The summed E-state index contributed by atoms with van der Waals surface area (Å²) in [6.07, 6.45) is 10.3. The van der Waals surface area contributed by atoms with E-state index in [0.717, 1.165) is 60.4 Å². The number of anilines is 4. The molecule has 5 atom stereocenters. The molecule has 4 aliphatic rings. The van der Waals surface area contributed by atoms with Gasteiger partial charge in [-0.1, -0.05) is 76.5 Å². The fraction of sp³-hybridized carbons (Fsp3) is 0.345. The summed E-state index contributed by atoms with van der Waals surface area (Å²) in [4.78, 5) is 101. The zero-order valence-electron chi connectivity index (χ0n) is 47.3. The van der Waals surface area contributed by atoms with Gasteiger partial charge in [0.05, 0.1) is 52.1 Å². The molecule has 4 aromatic rings. The van der Waals surface area contributed by atoms with Crippen molar-refractivity contribution in [3.8, 4) is 0 Å². The highest BCUT2D eigenvalue weighted by Crippen LogP contribution is 2.31. The molecule has 8 rings (SSSR count). The Kier molecular flexibility index (Phi) is 34.6. The van der Waals surface area contributed by atoms with E-state index in [1.54, 1.807) is 67.2 Å². The van der Waals surface area contributed by atoms with Gasteiger partial charge in [0.15, 0.2) is 0 Å². The predicted molar refractivity (Wildman–Crippen MR) is 356 cm³/mol. The SMILES string of the molecule is C.CB(C)I.CO.CSC.CSC[C@H](O)[C@H](O)CSC1=CC(=O)N(c2ccc(Cc3ccc(N4C(=O)CC(C)C4=O)cc3)cc2)C1=O.O=C1C=CC(=O)N1c1ccc(Cc2ccc(N3C(=O)C=CC3=O)cc2)cc1.O[C@H](CS)[C@@H](O)CS.[2HH].[3H]O. The summed E-state index contributed by atoms with van der Waals surface area (Å²) in [5.41, 5.74) is 12.3. The van der Waals surface area contributed by atoms with Crippen molar-refractivity contribution in [3.05, 3.63) is 155 Å². The Morgan fingerprint density at radius 1 is 0.578 bits per heavy atom. The van der Waals surface area contributed by atoms with E-state index in [4.69, 9.17) is 22.2 Å². The fourth-order valence-electron chi connectivity index (χ4n) is 7.50. The largest absolute Gasteiger partial charge is 0.412 e. The van der Waals surface area contributed by atoms with Gasteiger partial charge in [-0.05, 0) is 102 Å². The maximum atomic E-state index is 12.8. The Morgan fingerprint density at radius 3 is 1.17 bits per heavy atom. The summed E-state index contributed by atoms with van der Waals surface area (Å²) in [6.45, 7) is 6.06. The van der Waals surface area contributed by atoms with Gasteiger partial charge in [-0.15, -0.1) is 11.8 Å². The second-order valence-electron chi connectivity index (χ2n) is 18.2. The van der Waals surface area contributed by atoms with E-state index in [1.807, 2.05) is 67.3 Å². The maximum absolute atomic E-state index is 12.8. The van der Waals surface area contributed by atoms with Crippen LogP contribution in [0.3, 0.4) is 0 Å². The highest BCUT2D eigenvalue weighted by Gasteiger charge is 2.37. The minimum atomic E-state index is -0.997. The molecule has 0 spiro atoms. The third-order valence-electron chi connectivity index (χ3n) is 11.5. The molecule has 1 saturated heterocycles. The van der Waals surface area contributed by atoms with Crippen LogP contribution in [0.2, 0.25) is 13.6 Å². The normalized spacial score (nSPS) is 16.4. The Morgan fingerprint density at radius 2 is 0.880 bits per heavy atom. The number of carbonyl (C=O) groups is 8. The number of amides is 8. The van der Waals surface area contributed by atoms with Crippen LogP contribution >= 0.6 is 82.9 Å². The highest BCUT2D eigenvalue weighted by atomic mass is 127. The van der Waals surface area contributed by atoms with Crippen LogP contribution in [0.25, 0.3) is 0 Å². The standard InChI is InChI=1S/C27H28N2O6S2.C21H14N2O4.C4H10O2S2.C2H6BI.C2H6S.CH4O.CH4.H2O.H2/c1-16-11-24(32)28(26(16)34)19-7-3-17(4-8-19)12-18-5-9-20(10-6-18)29-25(33)13-23(27(29)35)37-15-22(31)21(30)14-36-2;24-18-9-10-19(25)22(18)16-5-1-14(2-6-16)13-15-3-7-17(8-4-15)23-20(26)11-12-21(23)27;5-3(1-7)4(6)2-8;1-3(2)4;1-3-2;1-2;;;/h3-10,13,16,21-22,30-31H,11-12,14-15H2,1-2H3;1-12H,13H2;3-8H,1-2H2;1-2H3;1-2H3;2H,1H3;1H4;1H2;1H/t16?,21-,22+;;3-,4+;;;;;;/m0......../s1/i;;;;;;;;1+1/hT. The molecule has 4 aromatic carbocycles. The monoisotopic (exact) mass is 1350 g/mol. The van der Waals surface area contributed by atoms with Crippen LogP contribution in [0.15, 0.2) is 132 Å². The van der Waals surface area contributed by atoms with Crippen molar-refractivity contribution in [1.29, 1.82) is 0 Å². The van der Waals surface area contributed by atoms with E-state index in [-0.39, 0.29) is 78.8 Å². The minimum Gasteiger partial charge on any atom is -0.412 e. The highest BCUT2D eigenvalue weighted by molar-refractivity contribution is 14.1. The molecule has 0 aromatic heterocycles. The molecule has 0 radical (unpaired) electrons. The third-order valence-corrected chi connectivity index (χ3v) is 14.0. The van der Waals surface area contributed by atoms with Crippen molar-refractivity contribution >= 4 is 157 Å². The molecular weight excluding hydrogens is 1270 g/mol. The van der Waals surface area contributed by atoms with Gasteiger partial charge >= 0.3 is 0 Å². The Bertz CT molecular complexity index is 2750. The number of thioether (sulfide) groups is 3. The molecule has 1 fully saturated rings. The first-order valence-electron chi connectivity index (χ1n) is 25.5. The van der Waals surface area contributed by atoms with Gasteiger partial charge in [0, 0.05) is 74.3 Å². The van der Waals surface area contributed by atoms with Gasteiger partial charge in [-0.2, -0.15) is 71.2 Å². The van der Waals surface area contributed by atoms with Crippen molar-refractivity contribution in [2.24, 2.45) is 5.92 Å². The molecular formula is C58H76BIN4O14S5. The number of hydrogen-bond donors (Lipinski definition) is 7. The zero-order valence-corrected chi connectivity index (χ0v) is 52.7. The summed E-state index contributed by atoms with van der Waals surface area (Å²) in [5, 5.41) is 44.4. The molecule has 0 aliphatic carbocycles. The van der Waals surface area contributed by atoms with E-state index in [9.17, 15) is 48.6 Å². The van der Waals surface area contributed by atoms with Crippen molar-refractivity contribution < 1.29 is 72.2 Å². The van der Waals surface area contributed by atoms with Crippen LogP contribution in [-0.2, 0) is 51.2 Å². The number of aliphatic hydroxyl groups excluding tert-OH is 5. The Hall–Kier alpha value is -5.04. The van der Waals surface area contributed by atoms with Crippen molar-refractivity contribution in [3.63, 3.8) is 0 Å². The Labute approximate surface area is 526 Å². The second-order valence-corrected chi connectivity index (χ2v) is 24.2. The number of rotatable bonds is 17. The number of thiol groups is 2. The molecule has 7 N–H and O–H groups in total. The lowest BCUT2D eigenvalue weighted by molar-refractivity contribution is -0.123. The van der Waals surface area contributed by atoms with Crippen LogP contribution < -0.4 is 19.6 Å². The van der Waals surface area contributed by atoms with Crippen LogP contribution in [-0.4, -0.2) is 156 Å². The average molecular weight is 1350 g/mol. The Balaban J connectivity index is 0.00000128. The summed E-state index contributed by atoms with van der Waals surface area (Å²) < 4.78 is 5.55. The lowest BCUT2D eigenvalue weighted by atomic mass is 9.87. The molecule has 0 saturated carbocycles. The molecule has 8 amide bonds. The van der Waals surface area contributed by atoms with Crippen LogP contribution in [0.5, 0.6) is 0 Å². The van der Waals surface area contributed by atoms with Gasteiger partial charge < -0.3 is 31.0 Å². The van der Waals surface area contributed by atoms with Crippen LogP contribution in [0.4, 0.5) is 22.7 Å². The first-order valence-corrected chi connectivity index (χ1v) is 31.6. The van der Waals surface area contributed by atoms with E-state index < -0.39 is 36.2 Å². The summed E-state index contributed by atoms with van der Waals surface area (Å²) in [5.74, 6) is -1.89. The van der Waals surface area contributed by atoms with Gasteiger partial charge in [0.2, 0.25) is 17.8 Å². The van der Waals surface area contributed by atoms with Gasteiger partial charge in [0.1, 0.15) is 0 Å². The number of halogens is 1. The molecule has 83 heavy (non-hydrogen) atoms. The summed E-state index contributed by atoms with van der Waals surface area (Å²) in [7, 11) is 1.00. The van der Waals surface area contributed by atoms with E-state index in [0.29, 0.717) is 41.3 Å². The number of hydrogen-bond acceptors (Lipinski definition) is 18. The quantitative estimate of drug-likeness (QED) is 0.0248. The van der Waals surface area contributed by atoms with E-state index in [1.165, 1.54) is 47.0 Å². The second kappa shape index (κ2) is 38.8. The van der Waals surface area contributed by atoms with Crippen LogP contribution in [0, 0.1) is 5.92 Å². The van der Waals surface area contributed by atoms with Gasteiger partial charge in [-0.25, -0.2) is 14.7 Å². The first kappa shape index (κ1) is 74.1. The van der Waals surface area contributed by atoms with Crippen molar-refractivity contribution in [2.75, 3.05) is 68.5 Å². The first-order chi connectivity index (χ1) is 39.6. The third kappa shape index (κ3) is 23.1. The molecule has 25 heteroatoms. The maximum Gasteiger partial charge on any atom is 0.271 e. The number of carbonyl (C=O) groups excluding carboxylic acids is 8. The number of aliphatic hydroxyl groups is 5. The van der Waals surface area contributed by atoms with Crippen LogP contribution in [0.1, 0.15) is 45.9 Å². The molecule has 18 nitrogen and oxygen atoms in total. The number of nitrogens with zero attached hydrogens (tertiary/aromatic N) is 4. The summed E-state index contributed by atoms with van der Waals surface area (Å²) in [6, 6.07) is 28.8. The lowest BCUT2D eigenvalue weighted by Gasteiger charge is -2.17. The van der Waals surface area contributed by atoms with Crippen molar-refractivity contribution in [2.45, 2.75) is 71.7 Å². The van der Waals surface area contributed by atoms with Crippen molar-refractivity contribution in [1.82, 2.24) is 0 Å². The lowest BCUT2D eigenvalue weighted by Crippen LogP contribution is -2.32. The van der Waals surface area contributed by atoms with Gasteiger partial charge in [0.25, 0.3) is 35.4 Å². The minimum absolute atomic E-state index is 0. The molecule has 0 bridgehead atoms. The number of benzene rings is 4. The molecule has 4 heterocycles. The molecule has 452 valence electrons. The smallest absolute Gasteiger partial charge is 0.271 e. The van der Waals surface area contributed by atoms with Gasteiger partial charge in [-0.3, -0.25) is 43.3 Å². The predicted octanol–water partition coefficient (Wildman–Crippen LogP) is 6.77. The molecule has 1 unspecified atom stereocenters. The average Bonchev–Trinajstić information content (AvgIpc) is 4.40. The molecule has 4 aliphatic heterocycles. The van der Waals surface area contributed by atoms with E-state index in [2.05, 4.69) is 61.3 Å². The zero-order chi connectivity index (χ0) is 62.5.